The minimum atomic E-state index is 0.433. The van der Waals surface area contributed by atoms with E-state index in [9.17, 15) is 0 Å². The maximum Gasteiger partial charge on any atom is 0.0951 e. The maximum atomic E-state index is 4.41. The molecule has 0 N–H and O–H groups in total. The van der Waals surface area contributed by atoms with Crippen LogP contribution < -0.4 is 0 Å². The lowest BCUT2D eigenvalue weighted by molar-refractivity contribution is 0.631. The number of nitrogens with zero attached hydrogens (tertiary/aromatic N) is 2. The van der Waals surface area contributed by atoms with Gasteiger partial charge in [-0.25, -0.2) is 4.98 Å². The molecule has 146 valence electrons. The van der Waals surface area contributed by atoms with Crippen LogP contribution in [0, 0.1) is 6.92 Å². The maximum absolute atomic E-state index is 4.41. The van der Waals surface area contributed by atoms with Gasteiger partial charge in [0.05, 0.1) is 6.33 Å². The molecular weight excluding hydrogens is 352 g/mol. The van der Waals surface area contributed by atoms with Crippen LogP contribution in [-0.4, -0.2) is 9.55 Å². The highest BCUT2D eigenvalue weighted by Crippen LogP contribution is 2.31. The molecule has 0 aliphatic heterocycles. The number of imidazole rings is 1. The topological polar surface area (TPSA) is 17.8 Å². The fourth-order valence-corrected chi connectivity index (χ4v) is 4.13. The third-order valence-corrected chi connectivity index (χ3v) is 5.69. The first-order chi connectivity index (χ1) is 14.3. The Balaban J connectivity index is 1.47. The second kappa shape index (κ2) is 9.38. The van der Waals surface area contributed by atoms with Crippen molar-refractivity contribution in [2.45, 2.75) is 38.6 Å². The first kappa shape index (κ1) is 19.2. The molecule has 2 nitrogen and oxygen atoms in total. The van der Waals surface area contributed by atoms with Crippen LogP contribution in [0.3, 0.4) is 0 Å². The van der Waals surface area contributed by atoms with Gasteiger partial charge >= 0.3 is 0 Å². The van der Waals surface area contributed by atoms with E-state index in [1.807, 2.05) is 12.5 Å². The van der Waals surface area contributed by atoms with Crippen LogP contribution in [0.5, 0.6) is 0 Å². The third-order valence-electron chi connectivity index (χ3n) is 5.69. The van der Waals surface area contributed by atoms with E-state index < -0.39 is 0 Å². The zero-order valence-electron chi connectivity index (χ0n) is 17.0. The second-order valence-electron chi connectivity index (χ2n) is 7.71. The molecule has 3 aromatic carbocycles. The lowest BCUT2D eigenvalue weighted by Gasteiger charge is -2.20. The lowest BCUT2D eigenvalue weighted by atomic mass is 9.84. The molecule has 0 saturated heterocycles. The van der Waals surface area contributed by atoms with E-state index in [2.05, 4.69) is 101 Å². The molecule has 0 amide bonds. The fraction of sp³-hybridized carbons (Fsp3) is 0.222. The Kier molecular flexibility index (Phi) is 6.21. The highest BCUT2D eigenvalue weighted by molar-refractivity contribution is 5.37. The minimum absolute atomic E-state index is 0.433. The number of aromatic nitrogens is 2. The fourth-order valence-electron chi connectivity index (χ4n) is 4.13. The summed E-state index contributed by atoms with van der Waals surface area (Å²) in [6.45, 7) is 3.11. The van der Waals surface area contributed by atoms with Gasteiger partial charge in [-0.3, -0.25) is 0 Å². The van der Waals surface area contributed by atoms with E-state index in [4.69, 9.17) is 0 Å². The summed E-state index contributed by atoms with van der Waals surface area (Å²) in [5.74, 6) is 0.433. The van der Waals surface area contributed by atoms with Gasteiger partial charge < -0.3 is 4.57 Å². The Bertz CT molecular complexity index is 1020. The van der Waals surface area contributed by atoms with Gasteiger partial charge in [0, 0.05) is 24.4 Å². The van der Waals surface area contributed by atoms with Crippen molar-refractivity contribution in [1.29, 1.82) is 0 Å². The predicted molar refractivity (Wildman–Crippen MR) is 120 cm³/mol. The van der Waals surface area contributed by atoms with E-state index in [1.54, 1.807) is 0 Å². The molecular formula is C27H28N2. The van der Waals surface area contributed by atoms with Crippen molar-refractivity contribution in [1.82, 2.24) is 9.55 Å². The predicted octanol–water partition coefficient (Wildman–Crippen LogP) is 6.39. The van der Waals surface area contributed by atoms with Crippen LogP contribution in [0.25, 0.3) is 0 Å². The van der Waals surface area contributed by atoms with Crippen LogP contribution >= 0.6 is 0 Å². The molecule has 1 atom stereocenters. The Labute approximate surface area is 173 Å². The van der Waals surface area contributed by atoms with Crippen molar-refractivity contribution >= 4 is 0 Å². The Morgan fingerprint density at radius 3 is 2.28 bits per heavy atom. The molecule has 0 radical (unpaired) electrons. The highest BCUT2D eigenvalue weighted by Gasteiger charge is 2.16. The Morgan fingerprint density at radius 2 is 1.52 bits per heavy atom. The lowest BCUT2D eigenvalue weighted by Crippen LogP contribution is -2.06. The van der Waals surface area contributed by atoms with Crippen LogP contribution in [0.2, 0.25) is 0 Å². The van der Waals surface area contributed by atoms with Crippen molar-refractivity contribution in [3.63, 3.8) is 0 Å². The average Bonchev–Trinajstić information content (AvgIpc) is 3.20. The average molecular weight is 381 g/mol. The van der Waals surface area contributed by atoms with Crippen LogP contribution in [0.15, 0.2) is 97.5 Å². The zero-order valence-corrected chi connectivity index (χ0v) is 17.0. The summed E-state index contributed by atoms with van der Waals surface area (Å²) in [6.07, 6.45) is 7.29. The monoisotopic (exact) mass is 380 g/mol. The molecule has 29 heavy (non-hydrogen) atoms. The first-order valence-corrected chi connectivity index (χ1v) is 10.4. The van der Waals surface area contributed by atoms with Crippen molar-refractivity contribution < 1.29 is 0 Å². The molecule has 0 spiro atoms. The van der Waals surface area contributed by atoms with E-state index >= 15 is 0 Å². The van der Waals surface area contributed by atoms with Gasteiger partial charge in [0.1, 0.15) is 0 Å². The molecule has 0 aliphatic carbocycles. The molecule has 1 aromatic heterocycles. The number of hydrogen-bond donors (Lipinski definition) is 0. The number of benzene rings is 3. The largest absolute Gasteiger partial charge is 0.330 e. The quantitative estimate of drug-likeness (QED) is 0.346. The summed E-state index contributed by atoms with van der Waals surface area (Å²) >= 11 is 0. The molecule has 4 rings (SSSR count). The van der Waals surface area contributed by atoms with Gasteiger partial charge in [0.2, 0.25) is 0 Å². The molecule has 0 aliphatic rings. The van der Waals surface area contributed by atoms with E-state index in [-0.39, 0.29) is 0 Å². The molecule has 0 saturated carbocycles. The molecule has 4 aromatic rings. The molecule has 1 heterocycles. The van der Waals surface area contributed by atoms with Gasteiger partial charge in [-0.1, -0.05) is 84.9 Å². The van der Waals surface area contributed by atoms with Gasteiger partial charge in [-0.15, -0.1) is 0 Å². The van der Waals surface area contributed by atoms with Gasteiger partial charge in [-0.05, 0) is 48.4 Å². The first-order valence-electron chi connectivity index (χ1n) is 10.4. The van der Waals surface area contributed by atoms with Gasteiger partial charge in [0.15, 0.2) is 0 Å². The van der Waals surface area contributed by atoms with Crippen molar-refractivity contribution in [3.8, 4) is 0 Å². The summed E-state index contributed by atoms with van der Waals surface area (Å²) in [5, 5.41) is 0. The van der Waals surface area contributed by atoms with Crippen LogP contribution in [0.1, 0.15) is 46.7 Å². The third kappa shape index (κ3) is 4.83. The van der Waals surface area contributed by atoms with E-state index in [0.717, 1.165) is 25.8 Å². The molecule has 0 fully saturated rings. The summed E-state index contributed by atoms with van der Waals surface area (Å²) < 4.78 is 2.28. The summed E-state index contributed by atoms with van der Waals surface area (Å²) in [5.41, 5.74) is 6.84. The molecule has 1 unspecified atom stereocenters. The Hall–Kier alpha value is -3.13. The summed E-state index contributed by atoms with van der Waals surface area (Å²) in [4.78, 5) is 4.41. The minimum Gasteiger partial charge on any atom is -0.330 e. The number of aryl methyl sites for hydroxylation is 2. The van der Waals surface area contributed by atoms with Crippen molar-refractivity contribution in [2.24, 2.45) is 0 Å². The van der Waals surface area contributed by atoms with Gasteiger partial charge in [0.25, 0.3) is 0 Å². The number of hydrogen-bond acceptors (Lipinski definition) is 1. The van der Waals surface area contributed by atoms with Crippen LogP contribution in [0.4, 0.5) is 0 Å². The van der Waals surface area contributed by atoms with Crippen molar-refractivity contribution in [2.75, 3.05) is 0 Å². The molecule has 0 bridgehead atoms. The standard InChI is InChI=1S/C27H28N2/c1-22-11-8-9-17-26(22)27(24-14-6-3-7-15-24)18-10-16-25-19-28-21-29(25)20-23-12-4-2-5-13-23/h2-9,11-15,17,19,21,27H,10,16,18,20H2,1H3. The zero-order chi connectivity index (χ0) is 19.9. The normalized spacial score (nSPS) is 12.0. The Morgan fingerprint density at radius 1 is 0.828 bits per heavy atom. The van der Waals surface area contributed by atoms with Crippen molar-refractivity contribution in [3.05, 3.63) is 125 Å². The summed E-state index contributed by atoms with van der Waals surface area (Å²) in [7, 11) is 0. The van der Waals surface area contributed by atoms with Gasteiger partial charge in [-0.2, -0.15) is 0 Å². The van der Waals surface area contributed by atoms with Crippen LogP contribution in [-0.2, 0) is 13.0 Å². The number of rotatable bonds is 8. The summed E-state index contributed by atoms with van der Waals surface area (Å²) in [6, 6.07) is 30.3. The second-order valence-corrected chi connectivity index (χ2v) is 7.71. The highest BCUT2D eigenvalue weighted by atomic mass is 15.0. The van der Waals surface area contributed by atoms with E-state index in [1.165, 1.54) is 27.9 Å². The van der Waals surface area contributed by atoms with E-state index in [0.29, 0.717) is 5.92 Å². The smallest absolute Gasteiger partial charge is 0.0951 e. The SMILES string of the molecule is Cc1ccccc1C(CCCc1cncn1Cc1ccccc1)c1ccccc1. The molecule has 2 heteroatoms.